The SMILES string of the molecule is C=CC(=O)NCCC(=O)N1Cc2c(Br)cccc2C(C)(C)C1. The second-order valence-corrected chi connectivity index (χ2v) is 7.00. The smallest absolute Gasteiger partial charge is 0.243 e. The van der Waals surface area contributed by atoms with E-state index in [0.29, 0.717) is 26.1 Å². The second-order valence-electron chi connectivity index (χ2n) is 6.14. The van der Waals surface area contributed by atoms with Gasteiger partial charge in [-0.1, -0.05) is 48.5 Å². The van der Waals surface area contributed by atoms with Gasteiger partial charge < -0.3 is 10.2 Å². The maximum Gasteiger partial charge on any atom is 0.243 e. The fraction of sp³-hybridized carbons (Fsp3) is 0.412. The van der Waals surface area contributed by atoms with Crippen molar-refractivity contribution in [2.45, 2.75) is 32.2 Å². The Labute approximate surface area is 139 Å². The summed E-state index contributed by atoms with van der Waals surface area (Å²) >= 11 is 3.59. The van der Waals surface area contributed by atoms with Crippen LogP contribution in [0, 0.1) is 0 Å². The van der Waals surface area contributed by atoms with E-state index in [1.54, 1.807) is 0 Å². The largest absolute Gasteiger partial charge is 0.352 e. The Balaban J connectivity index is 2.08. The summed E-state index contributed by atoms with van der Waals surface area (Å²) in [5, 5.41) is 2.64. The van der Waals surface area contributed by atoms with E-state index in [1.165, 1.54) is 17.2 Å². The van der Waals surface area contributed by atoms with E-state index in [0.717, 1.165) is 4.47 Å². The molecule has 22 heavy (non-hydrogen) atoms. The Morgan fingerprint density at radius 3 is 2.86 bits per heavy atom. The number of benzene rings is 1. The van der Waals surface area contributed by atoms with Crippen LogP contribution in [-0.4, -0.2) is 29.8 Å². The van der Waals surface area contributed by atoms with Gasteiger partial charge in [0.15, 0.2) is 0 Å². The van der Waals surface area contributed by atoms with Gasteiger partial charge in [0.2, 0.25) is 11.8 Å². The van der Waals surface area contributed by atoms with Crippen LogP contribution in [0.2, 0.25) is 0 Å². The summed E-state index contributed by atoms with van der Waals surface area (Å²) in [6.45, 7) is 9.32. The lowest BCUT2D eigenvalue weighted by Crippen LogP contribution is -2.45. The van der Waals surface area contributed by atoms with Gasteiger partial charge in [-0.15, -0.1) is 0 Å². The fourth-order valence-corrected chi connectivity index (χ4v) is 3.35. The van der Waals surface area contributed by atoms with Gasteiger partial charge in [0.05, 0.1) is 0 Å². The zero-order valence-corrected chi connectivity index (χ0v) is 14.6. The minimum Gasteiger partial charge on any atom is -0.352 e. The van der Waals surface area contributed by atoms with Crippen LogP contribution in [0.1, 0.15) is 31.4 Å². The maximum atomic E-state index is 12.4. The van der Waals surface area contributed by atoms with Crippen LogP contribution >= 0.6 is 15.9 Å². The van der Waals surface area contributed by atoms with Crippen LogP contribution in [0.5, 0.6) is 0 Å². The van der Waals surface area contributed by atoms with E-state index in [2.05, 4.69) is 47.7 Å². The van der Waals surface area contributed by atoms with Crippen LogP contribution in [0.3, 0.4) is 0 Å². The quantitative estimate of drug-likeness (QED) is 0.835. The first-order valence-electron chi connectivity index (χ1n) is 7.31. The average molecular weight is 365 g/mol. The third kappa shape index (κ3) is 3.58. The lowest BCUT2D eigenvalue weighted by Gasteiger charge is -2.40. The number of nitrogens with zero attached hydrogens (tertiary/aromatic N) is 1. The van der Waals surface area contributed by atoms with E-state index < -0.39 is 0 Å². The number of hydrogen-bond acceptors (Lipinski definition) is 2. The van der Waals surface area contributed by atoms with Crippen molar-refractivity contribution in [3.63, 3.8) is 0 Å². The number of fused-ring (bicyclic) bond motifs is 1. The normalized spacial score (nSPS) is 15.9. The van der Waals surface area contributed by atoms with E-state index in [9.17, 15) is 9.59 Å². The van der Waals surface area contributed by atoms with E-state index in [1.807, 2.05) is 17.0 Å². The van der Waals surface area contributed by atoms with Crippen LogP contribution in [0.4, 0.5) is 0 Å². The Morgan fingerprint density at radius 1 is 1.45 bits per heavy atom. The predicted octanol–water partition coefficient (Wildman–Crippen LogP) is 2.76. The van der Waals surface area contributed by atoms with E-state index in [4.69, 9.17) is 0 Å². The number of amides is 2. The first-order valence-corrected chi connectivity index (χ1v) is 8.10. The highest BCUT2D eigenvalue weighted by Crippen LogP contribution is 2.36. The molecule has 118 valence electrons. The zero-order chi connectivity index (χ0) is 16.3. The molecular weight excluding hydrogens is 344 g/mol. The van der Waals surface area contributed by atoms with Crippen molar-refractivity contribution in [2.24, 2.45) is 0 Å². The van der Waals surface area contributed by atoms with Crippen molar-refractivity contribution in [3.8, 4) is 0 Å². The molecule has 0 radical (unpaired) electrons. The molecule has 1 aromatic rings. The molecule has 1 aliphatic rings. The van der Waals surface area contributed by atoms with Gasteiger partial charge in [-0.3, -0.25) is 9.59 Å². The van der Waals surface area contributed by atoms with Gasteiger partial charge >= 0.3 is 0 Å². The van der Waals surface area contributed by atoms with Crippen LogP contribution < -0.4 is 5.32 Å². The number of hydrogen-bond donors (Lipinski definition) is 1. The Morgan fingerprint density at radius 2 is 2.18 bits per heavy atom. The lowest BCUT2D eigenvalue weighted by atomic mass is 9.78. The third-order valence-electron chi connectivity index (χ3n) is 3.96. The zero-order valence-electron chi connectivity index (χ0n) is 13.0. The summed E-state index contributed by atoms with van der Waals surface area (Å²) < 4.78 is 1.04. The van der Waals surface area contributed by atoms with Gasteiger partial charge in [0.1, 0.15) is 0 Å². The summed E-state index contributed by atoms with van der Waals surface area (Å²) in [6.07, 6.45) is 1.51. The molecular formula is C17H21BrN2O2. The topological polar surface area (TPSA) is 49.4 Å². The molecule has 2 rings (SSSR count). The molecule has 0 aliphatic carbocycles. The number of nitrogens with one attached hydrogen (secondary N) is 1. The number of carbonyl (C=O) groups is 2. The highest BCUT2D eigenvalue weighted by atomic mass is 79.9. The molecule has 0 bridgehead atoms. The van der Waals surface area contributed by atoms with Crippen LogP contribution in [0.25, 0.3) is 0 Å². The van der Waals surface area contributed by atoms with Gasteiger partial charge in [0.25, 0.3) is 0 Å². The molecule has 1 N–H and O–H groups in total. The Hall–Kier alpha value is -1.62. The summed E-state index contributed by atoms with van der Waals surface area (Å²) in [5.74, 6) is -0.196. The molecule has 1 aromatic carbocycles. The average Bonchev–Trinajstić information content (AvgIpc) is 2.47. The summed E-state index contributed by atoms with van der Waals surface area (Å²) in [5.41, 5.74) is 2.37. The second kappa shape index (κ2) is 6.65. The first-order chi connectivity index (χ1) is 10.3. The van der Waals surface area contributed by atoms with Gasteiger partial charge in [-0.05, 0) is 23.3 Å². The minimum absolute atomic E-state index is 0.0545. The lowest BCUT2D eigenvalue weighted by molar-refractivity contribution is -0.133. The van der Waals surface area contributed by atoms with Gasteiger partial charge in [-0.2, -0.15) is 0 Å². The molecule has 1 aliphatic heterocycles. The standard InChI is InChI=1S/C17H21BrN2O2/c1-4-15(21)19-9-8-16(22)20-10-12-13(17(2,3)11-20)6-5-7-14(12)18/h4-7H,1,8-11H2,2-3H3,(H,19,21). The molecule has 0 saturated heterocycles. The molecule has 0 aromatic heterocycles. The number of carbonyl (C=O) groups excluding carboxylic acids is 2. The van der Waals surface area contributed by atoms with Crippen molar-refractivity contribution in [1.29, 1.82) is 0 Å². The molecule has 0 unspecified atom stereocenters. The van der Waals surface area contributed by atoms with Crippen molar-refractivity contribution in [2.75, 3.05) is 13.1 Å². The van der Waals surface area contributed by atoms with Crippen molar-refractivity contribution < 1.29 is 9.59 Å². The summed E-state index contributed by atoms with van der Waals surface area (Å²) in [4.78, 5) is 25.4. The molecule has 0 saturated carbocycles. The molecule has 1 heterocycles. The van der Waals surface area contributed by atoms with Gasteiger partial charge in [0, 0.05) is 35.9 Å². The van der Waals surface area contributed by atoms with Gasteiger partial charge in [-0.25, -0.2) is 0 Å². The molecule has 0 spiro atoms. The Kier molecular flexibility index (Phi) is 5.06. The van der Waals surface area contributed by atoms with E-state index >= 15 is 0 Å². The van der Waals surface area contributed by atoms with Crippen molar-refractivity contribution in [1.82, 2.24) is 10.2 Å². The summed E-state index contributed by atoms with van der Waals surface area (Å²) in [6, 6.07) is 6.17. The molecule has 0 fully saturated rings. The van der Waals surface area contributed by atoms with Crippen LogP contribution in [0.15, 0.2) is 35.3 Å². The molecule has 2 amide bonds. The number of rotatable bonds is 4. The predicted molar refractivity (Wildman–Crippen MR) is 90.4 cm³/mol. The highest BCUT2D eigenvalue weighted by molar-refractivity contribution is 9.10. The Bertz CT molecular complexity index is 611. The van der Waals surface area contributed by atoms with Crippen molar-refractivity contribution >= 4 is 27.7 Å². The first kappa shape index (κ1) is 16.7. The monoisotopic (exact) mass is 364 g/mol. The number of halogens is 1. The molecule has 5 heteroatoms. The molecule has 4 nitrogen and oxygen atoms in total. The van der Waals surface area contributed by atoms with E-state index in [-0.39, 0.29) is 17.2 Å². The van der Waals surface area contributed by atoms with Crippen molar-refractivity contribution in [3.05, 3.63) is 46.5 Å². The van der Waals surface area contributed by atoms with Crippen LogP contribution in [-0.2, 0) is 21.5 Å². The minimum atomic E-state index is -0.250. The summed E-state index contributed by atoms with van der Waals surface area (Å²) in [7, 11) is 0. The highest BCUT2D eigenvalue weighted by Gasteiger charge is 2.34. The third-order valence-corrected chi connectivity index (χ3v) is 4.70. The fourth-order valence-electron chi connectivity index (χ4n) is 2.86. The molecule has 0 atom stereocenters. The maximum absolute atomic E-state index is 12.4.